The Hall–Kier alpha value is -1.60. The molecule has 0 saturated carbocycles. The molecule has 1 unspecified atom stereocenters. The first kappa shape index (κ1) is 19.2. The van der Waals surface area contributed by atoms with Gasteiger partial charge >= 0.3 is 0 Å². The number of nitrogens with one attached hydrogen (secondary N) is 1. The number of piperazine rings is 1. The van der Waals surface area contributed by atoms with E-state index in [0.29, 0.717) is 18.4 Å². The molecule has 0 aliphatic carbocycles. The molecule has 3 rings (SSSR count). The van der Waals surface area contributed by atoms with Gasteiger partial charge < -0.3 is 15.1 Å². The molecule has 2 aliphatic heterocycles. The van der Waals surface area contributed by atoms with Crippen molar-refractivity contribution < 1.29 is 4.79 Å². The fourth-order valence-corrected chi connectivity index (χ4v) is 4.41. The average molecular weight is 378 g/mol. The maximum Gasteiger partial charge on any atom is 0.236 e. The highest BCUT2D eigenvalue weighted by Gasteiger charge is 2.24. The second kappa shape index (κ2) is 9.37. The molecule has 0 aromatic carbocycles. The number of hydrogen-bond donors (Lipinski definition) is 1. The molecule has 3 heterocycles. The predicted octanol–water partition coefficient (Wildman–Crippen LogP) is 1.67. The fourth-order valence-electron chi connectivity index (χ4n) is 3.62. The van der Waals surface area contributed by atoms with Crippen LogP contribution in [0.15, 0.2) is 22.5 Å². The van der Waals surface area contributed by atoms with Gasteiger partial charge in [0, 0.05) is 63.7 Å². The Bertz CT molecular complexity index is 589. The molecule has 1 aromatic heterocycles. The molecule has 7 heteroatoms. The first-order valence-electron chi connectivity index (χ1n) is 9.66. The SMILES string of the molecule is CN=C(NCC(C)c1cccs1)N1CCN(CC(=O)N2CCCC2)CC1. The molecule has 2 saturated heterocycles. The fraction of sp³-hybridized carbons (Fsp3) is 0.684. The smallest absolute Gasteiger partial charge is 0.236 e. The molecule has 2 fully saturated rings. The lowest BCUT2D eigenvalue weighted by molar-refractivity contribution is -0.131. The molecule has 1 atom stereocenters. The van der Waals surface area contributed by atoms with Crippen molar-refractivity contribution in [2.45, 2.75) is 25.7 Å². The second-order valence-electron chi connectivity index (χ2n) is 7.20. The number of amides is 1. The lowest BCUT2D eigenvalue weighted by Crippen LogP contribution is -2.54. The standard InChI is InChI=1S/C19H31N5OS/c1-16(17-6-5-13-26-17)14-21-19(20-2)24-11-9-22(10-12-24)15-18(25)23-7-3-4-8-23/h5-6,13,16H,3-4,7-12,14-15H2,1-2H3,(H,20,21). The zero-order valence-corrected chi connectivity index (χ0v) is 16.8. The summed E-state index contributed by atoms with van der Waals surface area (Å²) in [4.78, 5) is 24.8. The minimum Gasteiger partial charge on any atom is -0.356 e. The summed E-state index contributed by atoms with van der Waals surface area (Å²) < 4.78 is 0. The number of guanidine groups is 1. The Balaban J connectivity index is 1.41. The summed E-state index contributed by atoms with van der Waals surface area (Å²) >= 11 is 1.81. The molecule has 1 N–H and O–H groups in total. The van der Waals surface area contributed by atoms with Gasteiger partial charge in [-0.05, 0) is 24.3 Å². The largest absolute Gasteiger partial charge is 0.356 e. The zero-order valence-electron chi connectivity index (χ0n) is 16.0. The number of carbonyl (C=O) groups excluding carboxylic acids is 1. The number of nitrogens with zero attached hydrogens (tertiary/aromatic N) is 4. The Kier molecular flexibility index (Phi) is 6.91. The molecule has 1 aromatic rings. The Morgan fingerprint density at radius 1 is 1.19 bits per heavy atom. The van der Waals surface area contributed by atoms with Gasteiger partial charge in [-0.15, -0.1) is 11.3 Å². The van der Waals surface area contributed by atoms with E-state index in [1.54, 1.807) is 11.3 Å². The monoisotopic (exact) mass is 377 g/mol. The zero-order chi connectivity index (χ0) is 18.4. The van der Waals surface area contributed by atoms with Crippen LogP contribution in [-0.2, 0) is 4.79 Å². The van der Waals surface area contributed by atoms with E-state index in [1.165, 1.54) is 4.88 Å². The minimum atomic E-state index is 0.295. The third-order valence-electron chi connectivity index (χ3n) is 5.30. The van der Waals surface area contributed by atoms with Crippen LogP contribution in [0, 0.1) is 0 Å². The Morgan fingerprint density at radius 3 is 2.54 bits per heavy atom. The Morgan fingerprint density at radius 2 is 1.92 bits per heavy atom. The van der Waals surface area contributed by atoms with Gasteiger partial charge in [-0.2, -0.15) is 0 Å². The van der Waals surface area contributed by atoms with Crippen LogP contribution >= 0.6 is 11.3 Å². The van der Waals surface area contributed by atoms with E-state index < -0.39 is 0 Å². The van der Waals surface area contributed by atoms with E-state index >= 15 is 0 Å². The van der Waals surface area contributed by atoms with Gasteiger partial charge in [0.15, 0.2) is 5.96 Å². The first-order valence-corrected chi connectivity index (χ1v) is 10.5. The number of carbonyl (C=O) groups is 1. The summed E-state index contributed by atoms with van der Waals surface area (Å²) in [7, 11) is 1.85. The van der Waals surface area contributed by atoms with E-state index in [-0.39, 0.29) is 0 Å². The molecular weight excluding hydrogens is 346 g/mol. The molecule has 6 nitrogen and oxygen atoms in total. The van der Waals surface area contributed by atoms with E-state index in [2.05, 4.69) is 44.5 Å². The highest BCUT2D eigenvalue weighted by atomic mass is 32.1. The third-order valence-corrected chi connectivity index (χ3v) is 6.40. The van der Waals surface area contributed by atoms with E-state index in [4.69, 9.17) is 0 Å². The minimum absolute atomic E-state index is 0.295. The van der Waals surface area contributed by atoms with Crippen LogP contribution in [0.25, 0.3) is 0 Å². The maximum absolute atomic E-state index is 12.3. The molecule has 0 radical (unpaired) electrons. The molecule has 0 spiro atoms. The van der Waals surface area contributed by atoms with Gasteiger partial charge in [-0.1, -0.05) is 13.0 Å². The molecule has 1 amide bonds. The molecular formula is C19H31N5OS. The average Bonchev–Trinajstić information content (AvgIpc) is 3.37. The van der Waals surface area contributed by atoms with Gasteiger partial charge in [0.25, 0.3) is 0 Å². The number of likely N-dealkylation sites (tertiary alicyclic amines) is 1. The van der Waals surface area contributed by atoms with Crippen LogP contribution in [0.3, 0.4) is 0 Å². The normalized spacial score (nSPS) is 20.5. The highest BCUT2D eigenvalue weighted by molar-refractivity contribution is 7.10. The van der Waals surface area contributed by atoms with Gasteiger partial charge in [-0.3, -0.25) is 14.7 Å². The third kappa shape index (κ3) is 4.98. The summed E-state index contributed by atoms with van der Waals surface area (Å²) in [6.07, 6.45) is 2.32. The molecule has 0 bridgehead atoms. The van der Waals surface area contributed by atoms with Crippen LogP contribution in [0.4, 0.5) is 0 Å². The van der Waals surface area contributed by atoms with Gasteiger partial charge in [0.05, 0.1) is 6.54 Å². The topological polar surface area (TPSA) is 51.2 Å². The predicted molar refractivity (Wildman–Crippen MR) is 108 cm³/mol. The van der Waals surface area contributed by atoms with Crippen LogP contribution in [-0.4, -0.2) is 86.0 Å². The highest BCUT2D eigenvalue weighted by Crippen LogP contribution is 2.19. The van der Waals surface area contributed by atoms with Crippen LogP contribution in [0.5, 0.6) is 0 Å². The van der Waals surface area contributed by atoms with Crippen LogP contribution in [0.1, 0.15) is 30.6 Å². The van der Waals surface area contributed by atoms with Crippen molar-refractivity contribution in [1.29, 1.82) is 0 Å². The van der Waals surface area contributed by atoms with Crippen LogP contribution < -0.4 is 5.32 Å². The summed E-state index contributed by atoms with van der Waals surface area (Å²) in [5.74, 6) is 1.74. The lowest BCUT2D eigenvalue weighted by Gasteiger charge is -2.36. The summed E-state index contributed by atoms with van der Waals surface area (Å²) in [5, 5.41) is 5.64. The van der Waals surface area contributed by atoms with Crippen molar-refractivity contribution in [3.63, 3.8) is 0 Å². The number of thiophene rings is 1. The molecule has 2 aliphatic rings. The first-order chi connectivity index (χ1) is 12.7. The Labute approximate surface area is 160 Å². The van der Waals surface area contributed by atoms with Crippen molar-refractivity contribution in [2.24, 2.45) is 4.99 Å². The van der Waals surface area contributed by atoms with Crippen molar-refractivity contribution in [1.82, 2.24) is 20.0 Å². The maximum atomic E-state index is 12.3. The van der Waals surface area contributed by atoms with E-state index in [0.717, 1.165) is 64.6 Å². The summed E-state index contributed by atoms with van der Waals surface area (Å²) in [6, 6.07) is 4.30. The van der Waals surface area contributed by atoms with Gasteiger partial charge in [0.2, 0.25) is 5.91 Å². The van der Waals surface area contributed by atoms with Crippen molar-refractivity contribution in [2.75, 3.05) is 59.4 Å². The van der Waals surface area contributed by atoms with Crippen molar-refractivity contribution in [3.05, 3.63) is 22.4 Å². The van der Waals surface area contributed by atoms with E-state index in [1.807, 2.05) is 11.9 Å². The summed E-state index contributed by atoms with van der Waals surface area (Å²) in [5.41, 5.74) is 0. The van der Waals surface area contributed by atoms with Gasteiger partial charge in [-0.25, -0.2) is 0 Å². The van der Waals surface area contributed by atoms with Crippen molar-refractivity contribution in [3.8, 4) is 0 Å². The molecule has 144 valence electrons. The van der Waals surface area contributed by atoms with Crippen molar-refractivity contribution >= 4 is 23.2 Å². The number of aliphatic imine (C=N–C) groups is 1. The quantitative estimate of drug-likeness (QED) is 0.626. The number of hydrogen-bond acceptors (Lipinski definition) is 4. The van der Waals surface area contributed by atoms with Crippen LogP contribution in [0.2, 0.25) is 0 Å². The summed E-state index contributed by atoms with van der Waals surface area (Å²) in [6.45, 7) is 9.25. The van der Waals surface area contributed by atoms with Gasteiger partial charge in [0.1, 0.15) is 0 Å². The lowest BCUT2D eigenvalue weighted by atomic mass is 10.1. The van der Waals surface area contributed by atoms with E-state index in [9.17, 15) is 4.79 Å². The molecule has 26 heavy (non-hydrogen) atoms. The number of rotatable bonds is 5. The second-order valence-corrected chi connectivity index (χ2v) is 8.17.